The minimum atomic E-state index is -5.02. The van der Waals surface area contributed by atoms with Crippen LogP contribution < -0.4 is 5.32 Å². The van der Waals surface area contributed by atoms with Crippen molar-refractivity contribution in [3.8, 4) is 0 Å². The third-order valence-corrected chi connectivity index (χ3v) is 6.55. The number of hydrogen-bond acceptors (Lipinski definition) is 3. The molecule has 3 rings (SSSR count). The first-order valence-corrected chi connectivity index (χ1v) is 12.8. The van der Waals surface area contributed by atoms with Gasteiger partial charge in [0.25, 0.3) is 0 Å². The molecule has 1 fully saturated rings. The molecule has 0 spiro atoms. The molecule has 2 aromatic carbocycles. The monoisotopic (exact) mass is 591 g/mol. The molecule has 41 heavy (non-hydrogen) atoms. The van der Waals surface area contributed by atoms with E-state index >= 15 is 0 Å². The largest absolute Gasteiger partial charge is 0.444 e. The predicted molar refractivity (Wildman–Crippen MR) is 136 cm³/mol. The van der Waals surface area contributed by atoms with Crippen LogP contribution in [0.3, 0.4) is 0 Å². The molecule has 0 saturated carbocycles. The SMILES string of the molecule is Cc1cc(F)ccc1[C@H]1C[C@@H](NC(=O)OC(C)(C)C)CCN1C(=O)N(C)Cc1cc(C(F)(F)F)cc(C(F)(F)F)c1. The zero-order valence-corrected chi connectivity index (χ0v) is 23.2. The lowest BCUT2D eigenvalue weighted by Gasteiger charge is -2.42. The number of ether oxygens (including phenoxy) is 1. The highest BCUT2D eigenvalue weighted by atomic mass is 19.4. The summed E-state index contributed by atoms with van der Waals surface area (Å²) >= 11 is 0. The van der Waals surface area contributed by atoms with Gasteiger partial charge in [-0.3, -0.25) is 0 Å². The molecule has 0 radical (unpaired) electrons. The molecule has 6 nitrogen and oxygen atoms in total. The molecule has 2 atom stereocenters. The number of nitrogens with zero attached hydrogens (tertiary/aromatic N) is 2. The molecule has 1 saturated heterocycles. The highest BCUT2D eigenvalue weighted by Gasteiger charge is 2.38. The number of hydrogen-bond donors (Lipinski definition) is 1. The summed E-state index contributed by atoms with van der Waals surface area (Å²) in [5.41, 5.74) is -2.93. The van der Waals surface area contributed by atoms with E-state index in [0.29, 0.717) is 29.7 Å². The van der Waals surface area contributed by atoms with Gasteiger partial charge in [0.05, 0.1) is 17.2 Å². The van der Waals surface area contributed by atoms with Gasteiger partial charge in [-0.2, -0.15) is 26.3 Å². The van der Waals surface area contributed by atoms with E-state index in [1.807, 2.05) is 0 Å². The molecule has 2 aromatic rings. The van der Waals surface area contributed by atoms with Crippen molar-refractivity contribution < 1.29 is 45.1 Å². The molecule has 1 heterocycles. The summed E-state index contributed by atoms with van der Waals surface area (Å²) in [4.78, 5) is 28.4. The molecule has 1 aliphatic heterocycles. The molecule has 1 aliphatic rings. The lowest BCUT2D eigenvalue weighted by Crippen LogP contribution is -2.51. The Morgan fingerprint density at radius 1 is 1.00 bits per heavy atom. The van der Waals surface area contributed by atoms with Gasteiger partial charge in [-0.05, 0) is 87.6 Å². The Morgan fingerprint density at radius 2 is 1.59 bits per heavy atom. The van der Waals surface area contributed by atoms with Gasteiger partial charge in [-0.15, -0.1) is 0 Å². The van der Waals surface area contributed by atoms with Gasteiger partial charge in [0.2, 0.25) is 0 Å². The summed E-state index contributed by atoms with van der Waals surface area (Å²) in [5, 5.41) is 2.78. The normalized spacial score (nSPS) is 18.2. The van der Waals surface area contributed by atoms with Crippen LogP contribution in [0.2, 0.25) is 0 Å². The Hall–Kier alpha value is -3.51. The molecule has 0 unspecified atom stereocenters. The number of likely N-dealkylation sites (tertiary alicyclic amines) is 1. The topological polar surface area (TPSA) is 61.9 Å². The van der Waals surface area contributed by atoms with Crippen LogP contribution >= 0.6 is 0 Å². The van der Waals surface area contributed by atoms with Gasteiger partial charge < -0.3 is 19.9 Å². The van der Waals surface area contributed by atoms with Crippen molar-refractivity contribution in [2.24, 2.45) is 0 Å². The molecule has 0 aliphatic carbocycles. The van der Waals surface area contributed by atoms with Crippen LogP contribution in [0.4, 0.5) is 40.3 Å². The van der Waals surface area contributed by atoms with Crippen LogP contribution in [0.5, 0.6) is 0 Å². The van der Waals surface area contributed by atoms with Crippen LogP contribution in [0, 0.1) is 12.7 Å². The summed E-state index contributed by atoms with van der Waals surface area (Å²) in [5.74, 6) is -0.495. The van der Waals surface area contributed by atoms with E-state index in [4.69, 9.17) is 4.74 Å². The number of aryl methyl sites for hydroxylation is 1. The Morgan fingerprint density at radius 3 is 2.10 bits per heavy atom. The number of benzene rings is 2. The first-order chi connectivity index (χ1) is 18.7. The van der Waals surface area contributed by atoms with Crippen LogP contribution in [0.1, 0.15) is 67.5 Å². The van der Waals surface area contributed by atoms with Crippen molar-refractivity contribution in [2.45, 2.75) is 77.1 Å². The van der Waals surface area contributed by atoms with E-state index in [9.17, 15) is 40.3 Å². The average Bonchev–Trinajstić information content (AvgIpc) is 2.81. The highest BCUT2D eigenvalue weighted by molar-refractivity contribution is 5.75. The van der Waals surface area contributed by atoms with Crippen molar-refractivity contribution >= 4 is 12.1 Å². The van der Waals surface area contributed by atoms with Crippen molar-refractivity contribution in [3.63, 3.8) is 0 Å². The number of alkyl halides is 6. The van der Waals surface area contributed by atoms with Gasteiger partial charge in [0.15, 0.2) is 0 Å². The van der Waals surface area contributed by atoms with Gasteiger partial charge in [-0.25, -0.2) is 14.0 Å². The van der Waals surface area contributed by atoms with Gasteiger partial charge >= 0.3 is 24.5 Å². The summed E-state index contributed by atoms with van der Waals surface area (Å²) in [6.07, 6.45) is -10.2. The zero-order chi connectivity index (χ0) is 30.9. The second-order valence-corrected chi connectivity index (χ2v) is 11.1. The molecule has 0 bridgehead atoms. The summed E-state index contributed by atoms with van der Waals surface area (Å²) in [7, 11) is 1.27. The first-order valence-electron chi connectivity index (χ1n) is 12.8. The number of carbonyl (C=O) groups excluding carboxylic acids is 2. The molecule has 0 aromatic heterocycles. The molecule has 3 amide bonds. The lowest BCUT2D eigenvalue weighted by molar-refractivity contribution is -0.143. The van der Waals surface area contributed by atoms with Crippen LogP contribution in [-0.4, -0.2) is 47.2 Å². The highest BCUT2D eigenvalue weighted by Crippen LogP contribution is 2.37. The van der Waals surface area contributed by atoms with Crippen LogP contribution in [-0.2, 0) is 23.6 Å². The van der Waals surface area contributed by atoms with Crippen molar-refractivity contribution in [1.29, 1.82) is 0 Å². The van der Waals surface area contributed by atoms with Crippen molar-refractivity contribution in [1.82, 2.24) is 15.1 Å². The van der Waals surface area contributed by atoms with E-state index in [-0.39, 0.29) is 24.6 Å². The second-order valence-electron chi connectivity index (χ2n) is 11.1. The second kappa shape index (κ2) is 11.8. The fraction of sp³-hybridized carbons (Fsp3) is 0.500. The Balaban J connectivity index is 1.88. The maximum atomic E-state index is 13.9. The van der Waals surface area contributed by atoms with E-state index in [0.717, 1.165) is 4.90 Å². The predicted octanol–water partition coefficient (Wildman–Crippen LogP) is 7.45. The fourth-order valence-electron chi connectivity index (χ4n) is 4.78. The van der Waals surface area contributed by atoms with Gasteiger partial charge in [0.1, 0.15) is 11.4 Å². The van der Waals surface area contributed by atoms with Crippen molar-refractivity contribution in [3.05, 3.63) is 70.0 Å². The maximum Gasteiger partial charge on any atom is 0.416 e. The first kappa shape index (κ1) is 32.0. The van der Waals surface area contributed by atoms with Crippen molar-refractivity contribution in [2.75, 3.05) is 13.6 Å². The van der Waals surface area contributed by atoms with Gasteiger partial charge in [-0.1, -0.05) is 6.07 Å². The number of rotatable bonds is 4. The average molecular weight is 592 g/mol. The summed E-state index contributed by atoms with van der Waals surface area (Å²) in [6, 6.07) is 3.46. The van der Waals surface area contributed by atoms with E-state index in [2.05, 4.69) is 5.32 Å². The molecular formula is C28H32F7N3O3. The van der Waals surface area contributed by atoms with E-state index in [1.165, 1.54) is 30.1 Å². The smallest absolute Gasteiger partial charge is 0.416 e. The summed E-state index contributed by atoms with van der Waals surface area (Å²) < 4.78 is 99.1. The molecular weight excluding hydrogens is 559 g/mol. The molecule has 13 heteroatoms. The number of alkyl carbamates (subject to hydrolysis) is 1. The fourth-order valence-corrected chi connectivity index (χ4v) is 4.78. The Labute approximate surface area is 233 Å². The number of urea groups is 1. The van der Waals surface area contributed by atoms with Crippen LogP contribution in [0.25, 0.3) is 0 Å². The third-order valence-electron chi connectivity index (χ3n) is 6.55. The maximum absolute atomic E-state index is 13.9. The third kappa shape index (κ3) is 8.49. The molecule has 226 valence electrons. The minimum absolute atomic E-state index is 0.0289. The number of carbonyl (C=O) groups is 2. The standard InChI is InChI=1S/C28H32F7N3O3/c1-16-10-20(29)6-7-22(16)23-14-21(36-24(39)41-26(2,3)4)8-9-38(23)25(40)37(5)15-17-11-18(27(30,31)32)13-19(12-17)28(33,34)35/h6-7,10-13,21,23H,8-9,14-15H2,1-5H3,(H,36,39)/t21-,23+/m0/s1. The Bertz CT molecular complexity index is 1240. The van der Waals surface area contributed by atoms with E-state index in [1.54, 1.807) is 27.7 Å². The quantitative estimate of drug-likeness (QED) is 0.376. The number of nitrogens with one attached hydrogen (secondary N) is 1. The Kier molecular flexibility index (Phi) is 9.19. The van der Waals surface area contributed by atoms with Gasteiger partial charge in [0, 0.05) is 26.2 Å². The minimum Gasteiger partial charge on any atom is -0.444 e. The number of piperidine rings is 1. The van der Waals surface area contributed by atoms with Crippen LogP contribution in [0.15, 0.2) is 36.4 Å². The lowest BCUT2D eigenvalue weighted by atomic mass is 9.89. The summed E-state index contributed by atoms with van der Waals surface area (Å²) in [6.45, 7) is 6.33. The molecule has 1 N–H and O–H groups in total. The number of amides is 3. The number of halogens is 7. The zero-order valence-electron chi connectivity index (χ0n) is 23.2. The van der Waals surface area contributed by atoms with E-state index < -0.39 is 65.7 Å².